The molecular formula is C26H20N2O3S. The summed E-state index contributed by atoms with van der Waals surface area (Å²) in [5.41, 5.74) is 5.17. The van der Waals surface area contributed by atoms with Crippen LogP contribution in [0.4, 0.5) is 0 Å². The maximum absolute atomic E-state index is 13.4. The molecule has 0 fully saturated rings. The van der Waals surface area contributed by atoms with Crippen LogP contribution < -0.4 is 5.56 Å². The molecule has 3 aromatic heterocycles. The molecule has 0 bridgehead atoms. The lowest BCUT2D eigenvalue weighted by atomic mass is 9.89. The first-order chi connectivity index (χ1) is 15.7. The van der Waals surface area contributed by atoms with Crippen molar-refractivity contribution in [2.75, 3.05) is 0 Å². The third-order valence-electron chi connectivity index (χ3n) is 6.23. The Morgan fingerprint density at radius 2 is 1.91 bits per heavy atom. The van der Waals surface area contributed by atoms with Crippen molar-refractivity contribution in [1.29, 1.82) is 0 Å². The van der Waals surface area contributed by atoms with Crippen LogP contribution in [0.5, 0.6) is 0 Å². The highest BCUT2D eigenvalue weighted by Crippen LogP contribution is 2.33. The molecule has 0 N–H and O–H groups in total. The SMILES string of the molecule is O=C(Cn1cnc2scc(-c3ccc4c(c3)CCCC4)c2c1=O)c1cc2ccccc2o1. The highest BCUT2D eigenvalue weighted by Gasteiger charge is 2.18. The van der Waals surface area contributed by atoms with Gasteiger partial charge in [-0.2, -0.15) is 0 Å². The lowest BCUT2D eigenvalue weighted by molar-refractivity contribution is 0.0945. The Bertz CT molecular complexity index is 1520. The Kier molecular flexibility index (Phi) is 4.54. The molecule has 0 radical (unpaired) electrons. The van der Waals surface area contributed by atoms with E-state index in [2.05, 4.69) is 23.2 Å². The molecule has 6 heteroatoms. The van der Waals surface area contributed by atoms with Gasteiger partial charge in [0.1, 0.15) is 10.4 Å². The number of nitrogens with zero attached hydrogens (tertiary/aromatic N) is 2. The number of hydrogen-bond acceptors (Lipinski definition) is 5. The molecule has 0 saturated heterocycles. The van der Waals surface area contributed by atoms with Crippen LogP contribution in [0.3, 0.4) is 0 Å². The van der Waals surface area contributed by atoms with E-state index in [1.54, 1.807) is 6.07 Å². The summed E-state index contributed by atoms with van der Waals surface area (Å²) in [5, 5.41) is 3.43. The topological polar surface area (TPSA) is 65.1 Å². The molecule has 6 rings (SSSR count). The summed E-state index contributed by atoms with van der Waals surface area (Å²) in [5.74, 6) is -0.00608. The fourth-order valence-electron chi connectivity index (χ4n) is 4.55. The van der Waals surface area contributed by atoms with Crippen LogP contribution in [-0.4, -0.2) is 15.3 Å². The average Bonchev–Trinajstić information content (AvgIpc) is 3.45. The molecule has 0 saturated carbocycles. The predicted octanol–water partition coefficient (Wildman–Crippen LogP) is 5.63. The number of benzene rings is 2. The number of ketones is 1. The van der Waals surface area contributed by atoms with Crippen molar-refractivity contribution in [2.24, 2.45) is 0 Å². The van der Waals surface area contributed by atoms with Crippen LogP contribution in [0.15, 0.2) is 69.5 Å². The molecule has 32 heavy (non-hydrogen) atoms. The van der Waals surface area contributed by atoms with Crippen LogP contribution in [0.1, 0.15) is 34.5 Å². The molecular weight excluding hydrogens is 420 g/mol. The summed E-state index contributed by atoms with van der Waals surface area (Å²) in [6.45, 7) is -0.110. The smallest absolute Gasteiger partial charge is 0.263 e. The number of thiophene rings is 1. The van der Waals surface area contributed by atoms with Crippen molar-refractivity contribution in [3.8, 4) is 11.1 Å². The Morgan fingerprint density at radius 3 is 2.78 bits per heavy atom. The second-order valence-electron chi connectivity index (χ2n) is 8.27. The average molecular weight is 441 g/mol. The van der Waals surface area contributed by atoms with Gasteiger partial charge in [0.05, 0.1) is 18.3 Å². The normalized spacial score (nSPS) is 13.5. The van der Waals surface area contributed by atoms with E-state index in [0.29, 0.717) is 15.8 Å². The van der Waals surface area contributed by atoms with Crippen LogP contribution in [0.25, 0.3) is 32.3 Å². The predicted molar refractivity (Wildman–Crippen MR) is 127 cm³/mol. The first-order valence-corrected chi connectivity index (χ1v) is 11.7. The zero-order chi connectivity index (χ0) is 21.7. The van der Waals surface area contributed by atoms with E-state index in [1.165, 1.54) is 46.2 Å². The molecule has 0 spiro atoms. The van der Waals surface area contributed by atoms with Gasteiger partial charge in [0.2, 0.25) is 5.78 Å². The molecule has 1 aliphatic rings. The van der Waals surface area contributed by atoms with Crippen molar-refractivity contribution in [2.45, 2.75) is 32.2 Å². The highest BCUT2D eigenvalue weighted by atomic mass is 32.1. The minimum absolute atomic E-state index is 0.110. The van der Waals surface area contributed by atoms with Crippen molar-refractivity contribution < 1.29 is 9.21 Å². The molecule has 2 aromatic carbocycles. The first kappa shape index (κ1) is 19.2. The largest absolute Gasteiger partial charge is 0.453 e. The third kappa shape index (κ3) is 3.19. The standard InChI is InChI=1S/C26H20N2O3S/c29-21(23-12-19-7-3-4-8-22(19)31-23)13-28-15-27-25-24(26(28)30)20(14-32-25)18-10-9-16-5-1-2-6-17(16)11-18/h3-4,7-12,14-15H,1-2,5-6,13H2. The van der Waals surface area contributed by atoms with Crippen LogP contribution in [0, 0.1) is 0 Å². The monoisotopic (exact) mass is 440 g/mol. The lowest BCUT2D eigenvalue weighted by Crippen LogP contribution is -2.24. The molecule has 0 amide bonds. The number of Topliss-reactive ketones (excluding diaryl/α,β-unsaturated/α-hetero) is 1. The molecule has 0 unspecified atom stereocenters. The number of rotatable bonds is 4. The number of para-hydroxylation sites is 1. The summed E-state index contributed by atoms with van der Waals surface area (Å²) >= 11 is 1.46. The van der Waals surface area contributed by atoms with Crippen molar-refractivity contribution >= 4 is 38.3 Å². The van der Waals surface area contributed by atoms with Gasteiger partial charge in [-0.05, 0) is 54.5 Å². The van der Waals surface area contributed by atoms with Crippen molar-refractivity contribution in [3.05, 3.63) is 87.5 Å². The van der Waals surface area contributed by atoms with E-state index in [1.807, 2.05) is 29.6 Å². The van der Waals surface area contributed by atoms with E-state index >= 15 is 0 Å². The molecule has 5 nitrogen and oxygen atoms in total. The summed E-state index contributed by atoms with van der Waals surface area (Å²) in [6, 6.07) is 15.7. The fourth-order valence-corrected chi connectivity index (χ4v) is 5.45. The van der Waals surface area contributed by atoms with Gasteiger partial charge in [-0.1, -0.05) is 36.4 Å². The Morgan fingerprint density at radius 1 is 1.06 bits per heavy atom. The minimum Gasteiger partial charge on any atom is -0.453 e. The Labute approximate surface area is 187 Å². The second kappa shape index (κ2) is 7.57. The van der Waals surface area contributed by atoms with E-state index < -0.39 is 0 Å². The van der Waals surface area contributed by atoms with Gasteiger partial charge in [0.15, 0.2) is 5.76 Å². The number of fused-ring (bicyclic) bond motifs is 3. The molecule has 3 heterocycles. The number of furan rings is 1. The Hall–Kier alpha value is -3.51. The van der Waals surface area contributed by atoms with E-state index in [9.17, 15) is 9.59 Å². The first-order valence-electron chi connectivity index (χ1n) is 10.8. The van der Waals surface area contributed by atoms with Gasteiger partial charge >= 0.3 is 0 Å². The number of aryl methyl sites for hydroxylation is 2. The maximum Gasteiger partial charge on any atom is 0.263 e. The maximum atomic E-state index is 13.4. The number of carbonyl (C=O) groups excluding carboxylic acids is 1. The third-order valence-corrected chi connectivity index (χ3v) is 7.12. The molecule has 158 valence electrons. The van der Waals surface area contributed by atoms with E-state index in [4.69, 9.17) is 4.42 Å². The molecule has 0 atom stereocenters. The van der Waals surface area contributed by atoms with Gasteiger partial charge in [0, 0.05) is 16.3 Å². The zero-order valence-corrected chi connectivity index (χ0v) is 18.2. The van der Waals surface area contributed by atoms with Crippen molar-refractivity contribution in [3.63, 3.8) is 0 Å². The molecule has 5 aromatic rings. The number of aromatic nitrogens is 2. The Balaban J connectivity index is 1.38. The fraction of sp³-hybridized carbons (Fsp3) is 0.192. The summed E-state index contributed by atoms with van der Waals surface area (Å²) < 4.78 is 7.06. The van der Waals surface area contributed by atoms with Gasteiger partial charge in [0.25, 0.3) is 5.56 Å². The minimum atomic E-state index is -0.255. The van der Waals surface area contributed by atoms with Gasteiger partial charge in [-0.25, -0.2) is 4.98 Å². The van der Waals surface area contributed by atoms with Gasteiger partial charge in [-0.15, -0.1) is 11.3 Å². The summed E-state index contributed by atoms with van der Waals surface area (Å²) in [4.78, 5) is 31.4. The van der Waals surface area contributed by atoms with Gasteiger partial charge < -0.3 is 4.42 Å². The zero-order valence-electron chi connectivity index (χ0n) is 17.3. The van der Waals surface area contributed by atoms with Crippen LogP contribution in [0.2, 0.25) is 0 Å². The van der Waals surface area contributed by atoms with Crippen LogP contribution in [-0.2, 0) is 19.4 Å². The molecule has 1 aliphatic carbocycles. The van der Waals surface area contributed by atoms with E-state index in [-0.39, 0.29) is 23.6 Å². The summed E-state index contributed by atoms with van der Waals surface area (Å²) in [7, 11) is 0. The second-order valence-corrected chi connectivity index (χ2v) is 9.13. The van der Waals surface area contributed by atoms with Gasteiger partial charge in [-0.3, -0.25) is 14.2 Å². The van der Waals surface area contributed by atoms with E-state index in [0.717, 1.165) is 29.4 Å². The quantitative estimate of drug-likeness (QED) is 0.340. The lowest BCUT2D eigenvalue weighted by Gasteiger charge is -2.16. The summed E-state index contributed by atoms with van der Waals surface area (Å²) in [6.07, 6.45) is 6.11. The number of carbonyl (C=O) groups is 1. The van der Waals surface area contributed by atoms with Crippen LogP contribution >= 0.6 is 11.3 Å². The highest BCUT2D eigenvalue weighted by molar-refractivity contribution is 7.17. The van der Waals surface area contributed by atoms with Crippen molar-refractivity contribution in [1.82, 2.24) is 9.55 Å². The number of hydrogen-bond donors (Lipinski definition) is 0. The molecule has 0 aliphatic heterocycles.